The lowest BCUT2D eigenvalue weighted by molar-refractivity contribution is -0.146. The van der Waals surface area contributed by atoms with Gasteiger partial charge in [0.1, 0.15) is 6.61 Å². The van der Waals surface area contributed by atoms with E-state index in [1.54, 1.807) is 6.92 Å². The van der Waals surface area contributed by atoms with Crippen molar-refractivity contribution in [1.29, 1.82) is 5.26 Å². The second kappa shape index (κ2) is 9.23. The number of rotatable bonds is 7. The molecule has 0 saturated heterocycles. The SMILES string of the molecule is C#CC(C)OC(=O)CCCC(=O)OCCC#N. The third-order valence-electron chi connectivity index (χ3n) is 1.78. The molecular weight excluding hydrogens is 222 g/mol. The predicted octanol–water partition coefficient (Wildman–Crippen LogP) is 1.18. The standard InChI is InChI=1S/C12H15NO4/c1-3-10(2)17-12(15)7-4-6-11(14)16-9-5-8-13/h1,10H,4-7,9H2,2H3. The molecule has 0 radical (unpaired) electrons. The maximum atomic E-state index is 11.1. The van der Waals surface area contributed by atoms with E-state index in [9.17, 15) is 9.59 Å². The summed E-state index contributed by atoms with van der Waals surface area (Å²) in [6, 6.07) is 1.86. The normalized spacial score (nSPS) is 10.8. The van der Waals surface area contributed by atoms with Crippen LogP contribution in [0.1, 0.15) is 32.6 Å². The molecule has 1 unspecified atom stereocenters. The average Bonchev–Trinajstić information content (AvgIpc) is 2.29. The predicted molar refractivity (Wildman–Crippen MR) is 59.4 cm³/mol. The Morgan fingerprint density at radius 1 is 1.35 bits per heavy atom. The molecule has 0 aromatic rings. The lowest BCUT2D eigenvalue weighted by Crippen LogP contribution is -2.13. The third-order valence-corrected chi connectivity index (χ3v) is 1.78. The molecule has 0 fully saturated rings. The number of hydrogen-bond acceptors (Lipinski definition) is 5. The maximum Gasteiger partial charge on any atom is 0.307 e. The van der Waals surface area contributed by atoms with Gasteiger partial charge in [-0.3, -0.25) is 9.59 Å². The first-order valence-corrected chi connectivity index (χ1v) is 5.28. The van der Waals surface area contributed by atoms with E-state index in [1.807, 2.05) is 6.07 Å². The van der Waals surface area contributed by atoms with Gasteiger partial charge in [-0.2, -0.15) is 5.26 Å². The molecule has 0 rings (SSSR count). The quantitative estimate of drug-likeness (QED) is 0.377. The van der Waals surface area contributed by atoms with Gasteiger partial charge in [-0.1, -0.05) is 5.92 Å². The van der Waals surface area contributed by atoms with Gasteiger partial charge in [0.2, 0.25) is 0 Å². The molecule has 0 aliphatic heterocycles. The summed E-state index contributed by atoms with van der Waals surface area (Å²) >= 11 is 0. The topological polar surface area (TPSA) is 76.4 Å². The van der Waals surface area contributed by atoms with Crippen molar-refractivity contribution in [2.24, 2.45) is 0 Å². The van der Waals surface area contributed by atoms with Crippen molar-refractivity contribution in [1.82, 2.24) is 0 Å². The fourth-order valence-electron chi connectivity index (χ4n) is 0.950. The Hall–Kier alpha value is -2.01. The van der Waals surface area contributed by atoms with Gasteiger partial charge in [0.25, 0.3) is 0 Å². The molecule has 92 valence electrons. The second-order valence-corrected chi connectivity index (χ2v) is 3.28. The zero-order valence-electron chi connectivity index (χ0n) is 9.77. The molecule has 0 aromatic heterocycles. The molecule has 17 heavy (non-hydrogen) atoms. The van der Waals surface area contributed by atoms with Crippen molar-refractivity contribution < 1.29 is 19.1 Å². The first-order chi connectivity index (χ1) is 8.10. The maximum absolute atomic E-state index is 11.1. The van der Waals surface area contributed by atoms with Crippen LogP contribution in [-0.4, -0.2) is 24.6 Å². The number of esters is 2. The van der Waals surface area contributed by atoms with Gasteiger partial charge in [-0.15, -0.1) is 6.42 Å². The van der Waals surface area contributed by atoms with Crippen LogP contribution in [0.4, 0.5) is 0 Å². The molecule has 1 atom stereocenters. The fraction of sp³-hybridized carbons (Fsp3) is 0.583. The zero-order chi connectivity index (χ0) is 13.1. The summed E-state index contributed by atoms with van der Waals surface area (Å²) in [5.41, 5.74) is 0. The van der Waals surface area contributed by atoms with Gasteiger partial charge >= 0.3 is 11.9 Å². The largest absolute Gasteiger partial charge is 0.465 e. The van der Waals surface area contributed by atoms with Crippen LogP contribution < -0.4 is 0 Å². The van der Waals surface area contributed by atoms with Crippen molar-refractivity contribution in [3.8, 4) is 18.4 Å². The molecule has 0 aliphatic rings. The Kier molecular flexibility index (Phi) is 8.14. The van der Waals surface area contributed by atoms with Gasteiger partial charge in [-0.05, 0) is 13.3 Å². The number of terminal acetylenes is 1. The van der Waals surface area contributed by atoms with E-state index >= 15 is 0 Å². The number of hydrogen-bond donors (Lipinski definition) is 0. The molecule has 0 aromatic carbocycles. The van der Waals surface area contributed by atoms with E-state index in [-0.39, 0.29) is 25.9 Å². The van der Waals surface area contributed by atoms with Crippen LogP contribution in [0.5, 0.6) is 0 Å². The summed E-state index contributed by atoms with van der Waals surface area (Å²) in [6.45, 7) is 1.68. The van der Waals surface area contributed by atoms with Crippen LogP contribution in [0.15, 0.2) is 0 Å². The molecule has 0 bridgehead atoms. The molecule has 0 amide bonds. The summed E-state index contributed by atoms with van der Waals surface area (Å²) < 4.78 is 9.53. The van der Waals surface area contributed by atoms with E-state index in [1.165, 1.54) is 0 Å². The van der Waals surface area contributed by atoms with Crippen molar-refractivity contribution in [2.45, 2.75) is 38.7 Å². The van der Waals surface area contributed by atoms with Crippen LogP contribution in [0.25, 0.3) is 0 Å². The Bertz CT molecular complexity index is 337. The van der Waals surface area contributed by atoms with Gasteiger partial charge in [0.05, 0.1) is 12.5 Å². The number of ether oxygens (including phenoxy) is 2. The Morgan fingerprint density at radius 2 is 2.00 bits per heavy atom. The molecule has 0 N–H and O–H groups in total. The van der Waals surface area contributed by atoms with Crippen LogP contribution in [0.2, 0.25) is 0 Å². The number of nitriles is 1. The lowest BCUT2D eigenvalue weighted by Gasteiger charge is -2.06. The Labute approximate surface area is 101 Å². The van der Waals surface area contributed by atoms with Crippen molar-refractivity contribution in [3.05, 3.63) is 0 Å². The van der Waals surface area contributed by atoms with Crippen LogP contribution in [-0.2, 0) is 19.1 Å². The minimum atomic E-state index is -0.551. The van der Waals surface area contributed by atoms with Gasteiger partial charge in [-0.25, -0.2) is 0 Å². The highest BCUT2D eigenvalue weighted by Crippen LogP contribution is 2.02. The molecule has 0 spiro atoms. The highest BCUT2D eigenvalue weighted by molar-refractivity contribution is 5.72. The molecular formula is C12H15NO4. The van der Waals surface area contributed by atoms with Crippen molar-refractivity contribution in [3.63, 3.8) is 0 Å². The van der Waals surface area contributed by atoms with Crippen LogP contribution >= 0.6 is 0 Å². The minimum absolute atomic E-state index is 0.0912. The van der Waals surface area contributed by atoms with E-state index in [0.29, 0.717) is 6.42 Å². The Morgan fingerprint density at radius 3 is 2.59 bits per heavy atom. The van der Waals surface area contributed by atoms with Gasteiger partial charge in [0, 0.05) is 12.8 Å². The summed E-state index contributed by atoms with van der Waals surface area (Å²) in [5, 5.41) is 8.22. The molecule has 5 nitrogen and oxygen atoms in total. The highest BCUT2D eigenvalue weighted by atomic mass is 16.5. The van der Waals surface area contributed by atoms with E-state index < -0.39 is 18.0 Å². The summed E-state index contributed by atoms with van der Waals surface area (Å²) in [5.74, 6) is 1.42. The minimum Gasteiger partial charge on any atom is -0.465 e. The van der Waals surface area contributed by atoms with Crippen LogP contribution in [0.3, 0.4) is 0 Å². The highest BCUT2D eigenvalue weighted by Gasteiger charge is 2.09. The summed E-state index contributed by atoms with van der Waals surface area (Å²) in [6.07, 6.45) is 5.26. The van der Waals surface area contributed by atoms with Gasteiger partial charge in [0.15, 0.2) is 6.10 Å². The zero-order valence-corrected chi connectivity index (χ0v) is 9.77. The third kappa shape index (κ3) is 8.95. The van der Waals surface area contributed by atoms with E-state index in [0.717, 1.165) is 0 Å². The smallest absolute Gasteiger partial charge is 0.307 e. The van der Waals surface area contributed by atoms with Crippen molar-refractivity contribution in [2.75, 3.05) is 6.61 Å². The number of carbonyl (C=O) groups is 2. The second-order valence-electron chi connectivity index (χ2n) is 3.28. The number of carbonyl (C=O) groups excluding carboxylic acids is 2. The van der Waals surface area contributed by atoms with E-state index in [4.69, 9.17) is 21.2 Å². The van der Waals surface area contributed by atoms with E-state index in [2.05, 4.69) is 5.92 Å². The molecule has 0 heterocycles. The number of nitrogens with zero attached hydrogens (tertiary/aromatic N) is 1. The molecule has 0 saturated carbocycles. The van der Waals surface area contributed by atoms with Crippen LogP contribution in [0, 0.1) is 23.7 Å². The first kappa shape index (κ1) is 15.0. The lowest BCUT2D eigenvalue weighted by atomic mass is 10.2. The van der Waals surface area contributed by atoms with Gasteiger partial charge < -0.3 is 9.47 Å². The average molecular weight is 237 g/mol. The molecule has 0 aliphatic carbocycles. The monoisotopic (exact) mass is 237 g/mol. The summed E-state index contributed by atoms with van der Waals surface area (Å²) in [4.78, 5) is 22.2. The summed E-state index contributed by atoms with van der Waals surface area (Å²) in [7, 11) is 0. The fourth-order valence-corrected chi connectivity index (χ4v) is 0.950. The van der Waals surface area contributed by atoms with Crippen molar-refractivity contribution >= 4 is 11.9 Å². The molecule has 5 heteroatoms. The Balaban J connectivity index is 3.57. The first-order valence-electron chi connectivity index (χ1n) is 5.28.